The van der Waals surface area contributed by atoms with Crippen molar-refractivity contribution in [1.82, 2.24) is 4.98 Å². The average Bonchev–Trinajstić information content (AvgIpc) is 2.73. The van der Waals surface area contributed by atoms with Crippen LogP contribution in [0.5, 0.6) is 0 Å². The highest BCUT2D eigenvalue weighted by Gasteiger charge is 2.09. The van der Waals surface area contributed by atoms with E-state index in [1.807, 2.05) is 37.3 Å². The molecule has 0 radical (unpaired) electrons. The third-order valence-electron chi connectivity index (χ3n) is 2.93. The summed E-state index contributed by atoms with van der Waals surface area (Å²) in [7, 11) is 0. The van der Waals surface area contributed by atoms with Crippen molar-refractivity contribution in [1.29, 1.82) is 0 Å². The van der Waals surface area contributed by atoms with Gasteiger partial charge in [0.15, 0.2) is 5.58 Å². The summed E-state index contributed by atoms with van der Waals surface area (Å²) in [5.41, 5.74) is 16.3. The van der Waals surface area contributed by atoms with E-state index in [4.69, 9.17) is 15.9 Å². The molecule has 3 rings (SSSR count). The van der Waals surface area contributed by atoms with Crippen molar-refractivity contribution in [2.45, 2.75) is 6.92 Å². The molecule has 0 bridgehead atoms. The Balaban J connectivity index is 2.16. The molecular weight excluding hydrogens is 226 g/mol. The molecule has 0 saturated carbocycles. The second-order valence-corrected chi connectivity index (χ2v) is 4.32. The molecule has 4 nitrogen and oxygen atoms in total. The molecule has 1 aromatic heterocycles. The molecule has 4 N–H and O–H groups in total. The maximum absolute atomic E-state index is 5.85. The Morgan fingerprint density at radius 1 is 1.06 bits per heavy atom. The van der Waals surface area contributed by atoms with E-state index < -0.39 is 0 Å². The first-order valence-corrected chi connectivity index (χ1v) is 5.66. The lowest BCUT2D eigenvalue weighted by atomic mass is 10.2. The van der Waals surface area contributed by atoms with Gasteiger partial charge in [0, 0.05) is 23.0 Å². The van der Waals surface area contributed by atoms with Crippen LogP contribution in [0.4, 0.5) is 11.4 Å². The van der Waals surface area contributed by atoms with E-state index in [-0.39, 0.29) is 0 Å². The normalized spacial score (nSPS) is 10.9. The van der Waals surface area contributed by atoms with Gasteiger partial charge in [-0.25, -0.2) is 4.98 Å². The number of anilines is 2. The number of aryl methyl sites for hydroxylation is 1. The zero-order valence-electron chi connectivity index (χ0n) is 9.97. The SMILES string of the molecule is Cc1cc2nc(-c3ccc(N)cc3)oc2cc1N. The zero-order valence-corrected chi connectivity index (χ0v) is 9.97. The van der Waals surface area contributed by atoms with Gasteiger partial charge in [-0.15, -0.1) is 0 Å². The van der Waals surface area contributed by atoms with Gasteiger partial charge in [0.2, 0.25) is 5.89 Å². The van der Waals surface area contributed by atoms with Crippen LogP contribution in [0.15, 0.2) is 40.8 Å². The summed E-state index contributed by atoms with van der Waals surface area (Å²) in [6, 6.07) is 11.1. The topological polar surface area (TPSA) is 78.1 Å². The number of nitrogens with zero attached hydrogens (tertiary/aromatic N) is 1. The summed E-state index contributed by atoms with van der Waals surface area (Å²) in [6.07, 6.45) is 0. The van der Waals surface area contributed by atoms with Gasteiger partial charge in [-0.2, -0.15) is 0 Å². The van der Waals surface area contributed by atoms with Crippen molar-refractivity contribution < 1.29 is 4.42 Å². The van der Waals surface area contributed by atoms with Gasteiger partial charge in [-0.05, 0) is 42.8 Å². The number of fused-ring (bicyclic) bond motifs is 1. The molecule has 0 fully saturated rings. The largest absolute Gasteiger partial charge is 0.436 e. The number of benzene rings is 2. The summed E-state index contributed by atoms with van der Waals surface area (Å²) in [5.74, 6) is 0.579. The van der Waals surface area contributed by atoms with Crippen LogP contribution >= 0.6 is 0 Å². The van der Waals surface area contributed by atoms with E-state index in [1.54, 1.807) is 6.07 Å². The van der Waals surface area contributed by atoms with E-state index >= 15 is 0 Å². The Hall–Kier alpha value is -2.49. The first kappa shape index (κ1) is 10.7. The van der Waals surface area contributed by atoms with Crippen LogP contribution in [-0.2, 0) is 0 Å². The molecule has 90 valence electrons. The summed E-state index contributed by atoms with van der Waals surface area (Å²) in [5, 5.41) is 0. The Bertz CT molecular complexity index is 675. The smallest absolute Gasteiger partial charge is 0.227 e. The number of aromatic nitrogens is 1. The second kappa shape index (κ2) is 3.77. The number of hydrogen-bond acceptors (Lipinski definition) is 4. The van der Waals surface area contributed by atoms with E-state index in [0.717, 1.165) is 22.3 Å². The second-order valence-electron chi connectivity index (χ2n) is 4.32. The molecule has 0 aliphatic carbocycles. The standard InChI is InChI=1S/C14H13N3O/c1-8-6-12-13(7-11(8)16)18-14(17-12)9-2-4-10(15)5-3-9/h2-7H,15-16H2,1H3. The first-order chi connectivity index (χ1) is 8.63. The third kappa shape index (κ3) is 1.68. The highest BCUT2D eigenvalue weighted by Crippen LogP contribution is 2.27. The fourth-order valence-electron chi connectivity index (χ4n) is 1.84. The van der Waals surface area contributed by atoms with Crippen LogP contribution in [0, 0.1) is 6.92 Å². The number of nitrogens with two attached hydrogens (primary N) is 2. The van der Waals surface area contributed by atoms with Crippen LogP contribution in [0.2, 0.25) is 0 Å². The maximum Gasteiger partial charge on any atom is 0.227 e. The van der Waals surface area contributed by atoms with Crippen LogP contribution in [0.3, 0.4) is 0 Å². The van der Waals surface area contributed by atoms with Crippen molar-refractivity contribution in [3.8, 4) is 11.5 Å². The fraction of sp³-hybridized carbons (Fsp3) is 0.0714. The summed E-state index contributed by atoms with van der Waals surface area (Å²) < 4.78 is 5.70. The lowest BCUT2D eigenvalue weighted by molar-refractivity contribution is 0.620. The monoisotopic (exact) mass is 239 g/mol. The van der Waals surface area contributed by atoms with Gasteiger partial charge in [0.1, 0.15) is 5.52 Å². The molecule has 0 saturated heterocycles. The Labute approximate surface area is 104 Å². The summed E-state index contributed by atoms with van der Waals surface area (Å²) in [6.45, 7) is 1.95. The first-order valence-electron chi connectivity index (χ1n) is 5.66. The molecule has 2 aromatic carbocycles. The van der Waals surface area contributed by atoms with Crippen LogP contribution in [-0.4, -0.2) is 4.98 Å². The van der Waals surface area contributed by atoms with Gasteiger partial charge >= 0.3 is 0 Å². The molecule has 1 heterocycles. The molecule has 4 heteroatoms. The molecule has 0 aliphatic heterocycles. The van der Waals surface area contributed by atoms with Crippen molar-refractivity contribution in [2.24, 2.45) is 0 Å². The highest BCUT2D eigenvalue weighted by molar-refractivity contribution is 5.81. The van der Waals surface area contributed by atoms with Crippen LogP contribution in [0.1, 0.15) is 5.56 Å². The Morgan fingerprint density at radius 3 is 2.50 bits per heavy atom. The molecule has 0 amide bonds. The Kier molecular flexibility index (Phi) is 2.23. The third-order valence-corrected chi connectivity index (χ3v) is 2.93. The minimum absolute atomic E-state index is 0.579. The lowest BCUT2D eigenvalue weighted by Crippen LogP contribution is -1.87. The van der Waals surface area contributed by atoms with Gasteiger partial charge in [0.25, 0.3) is 0 Å². The number of oxazole rings is 1. The molecule has 3 aromatic rings. The quantitative estimate of drug-likeness (QED) is 0.640. The summed E-state index contributed by atoms with van der Waals surface area (Å²) >= 11 is 0. The minimum Gasteiger partial charge on any atom is -0.436 e. The average molecular weight is 239 g/mol. The van der Waals surface area contributed by atoms with Gasteiger partial charge in [0.05, 0.1) is 0 Å². The van der Waals surface area contributed by atoms with Gasteiger partial charge in [-0.1, -0.05) is 0 Å². The van der Waals surface area contributed by atoms with Crippen molar-refractivity contribution in [3.63, 3.8) is 0 Å². The lowest BCUT2D eigenvalue weighted by Gasteiger charge is -1.96. The maximum atomic E-state index is 5.85. The molecule has 18 heavy (non-hydrogen) atoms. The predicted octanol–water partition coefficient (Wildman–Crippen LogP) is 2.97. The van der Waals surface area contributed by atoms with E-state index in [9.17, 15) is 0 Å². The molecular formula is C14H13N3O. The van der Waals surface area contributed by atoms with Crippen molar-refractivity contribution >= 4 is 22.5 Å². The molecule has 0 unspecified atom stereocenters. The number of nitrogen functional groups attached to an aromatic ring is 2. The summed E-state index contributed by atoms with van der Waals surface area (Å²) in [4.78, 5) is 4.45. The van der Waals surface area contributed by atoms with Gasteiger partial charge in [-0.3, -0.25) is 0 Å². The van der Waals surface area contributed by atoms with E-state index in [1.165, 1.54) is 0 Å². The van der Waals surface area contributed by atoms with Crippen LogP contribution < -0.4 is 11.5 Å². The van der Waals surface area contributed by atoms with Crippen molar-refractivity contribution in [3.05, 3.63) is 42.0 Å². The number of hydrogen-bond donors (Lipinski definition) is 2. The fourth-order valence-corrected chi connectivity index (χ4v) is 1.84. The van der Waals surface area contributed by atoms with Crippen LogP contribution in [0.25, 0.3) is 22.6 Å². The van der Waals surface area contributed by atoms with E-state index in [2.05, 4.69) is 4.98 Å². The van der Waals surface area contributed by atoms with E-state index in [0.29, 0.717) is 17.2 Å². The molecule has 0 spiro atoms. The molecule has 0 aliphatic rings. The molecule has 0 atom stereocenters. The predicted molar refractivity (Wildman–Crippen MR) is 73.0 cm³/mol. The Morgan fingerprint density at radius 2 is 1.78 bits per heavy atom. The van der Waals surface area contributed by atoms with Crippen molar-refractivity contribution in [2.75, 3.05) is 11.5 Å². The number of rotatable bonds is 1. The highest BCUT2D eigenvalue weighted by atomic mass is 16.3. The minimum atomic E-state index is 0.579. The zero-order chi connectivity index (χ0) is 12.7. The van der Waals surface area contributed by atoms with Gasteiger partial charge < -0.3 is 15.9 Å².